The van der Waals surface area contributed by atoms with Crippen molar-refractivity contribution in [1.29, 1.82) is 0 Å². The molecule has 4 rings (SSSR count). The summed E-state index contributed by atoms with van der Waals surface area (Å²) in [6.07, 6.45) is 5.62. The number of rotatable bonds is 11. The Labute approximate surface area is 195 Å². The second kappa shape index (κ2) is 11.5. The lowest BCUT2D eigenvalue weighted by atomic mass is 9.83. The van der Waals surface area contributed by atoms with Crippen molar-refractivity contribution in [2.24, 2.45) is 5.92 Å². The molecular formula is C27H34O6. The molecule has 2 aromatic carbocycles. The van der Waals surface area contributed by atoms with Crippen LogP contribution in [0.4, 0.5) is 0 Å². The second-order valence-corrected chi connectivity index (χ2v) is 9.15. The minimum Gasteiger partial charge on any atom is -0.493 e. The van der Waals surface area contributed by atoms with Crippen LogP contribution in [0.15, 0.2) is 48.5 Å². The molecule has 178 valence electrons. The van der Waals surface area contributed by atoms with Gasteiger partial charge in [-0.25, -0.2) is 4.79 Å². The van der Waals surface area contributed by atoms with Crippen LogP contribution in [-0.2, 0) is 9.47 Å². The van der Waals surface area contributed by atoms with E-state index in [4.69, 9.17) is 18.9 Å². The summed E-state index contributed by atoms with van der Waals surface area (Å²) in [5.41, 5.74) is 1.84. The Morgan fingerprint density at radius 1 is 0.879 bits per heavy atom. The van der Waals surface area contributed by atoms with Crippen LogP contribution in [0, 0.1) is 5.92 Å². The third-order valence-electron chi connectivity index (χ3n) is 6.37. The number of hydrogen-bond donors (Lipinski definition) is 1. The standard InChI is InChI=1S/C27H34O6/c1-30-17-23(28)18-32-25-12-8-22(9-13-25)27(29)33-26-14-6-21(7-15-26)20-4-10-24(11-5-20)31-16-19-2-3-19/h4-5,8-13,19,21,23,26,28H,2-3,6-7,14-18H2,1H3. The van der Waals surface area contributed by atoms with E-state index >= 15 is 0 Å². The van der Waals surface area contributed by atoms with Gasteiger partial charge in [-0.05, 0) is 92.3 Å². The van der Waals surface area contributed by atoms with Gasteiger partial charge >= 0.3 is 5.97 Å². The molecule has 6 nitrogen and oxygen atoms in total. The van der Waals surface area contributed by atoms with Gasteiger partial charge in [-0.2, -0.15) is 0 Å². The molecule has 6 heteroatoms. The molecular weight excluding hydrogens is 420 g/mol. The Balaban J connectivity index is 1.19. The zero-order chi connectivity index (χ0) is 23.0. The molecule has 0 saturated heterocycles. The van der Waals surface area contributed by atoms with Gasteiger partial charge in [-0.1, -0.05) is 12.1 Å². The lowest BCUT2D eigenvalue weighted by molar-refractivity contribution is 0.0195. The third-order valence-corrected chi connectivity index (χ3v) is 6.37. The number of aliphatic hydroxyl groups is 1. The summed E-state index contributed by atoms with van der Waals surface area (Å²) in [7, 11) is 1.53. The average Bonchev–Trinajstić information content (AvgIpc) is 3.67. The Bertz CT molecular complexity index is 866. The summed E-state index contributed by atoms with van der Waals surface area (Å²) in [6.45, 7) is 1.19. The highest BCUT2D eigenvalue weighted by Crippen LogP contribution is 2.35. The number of ether oxygens (including phenoxy) is 4. The predicted molar refractivity (Wildman–Crippen MR) is 125 cm³/mol. The molecule has 2 saturated carbocycles. The number of benzene rings is 2. The van der Waals surface area contributed by atoms with Crippen LogP contribution in [-0.4, -0.2) is 50.2 Å². The van der Waals surface area contributed by atoms with E-state index in [1.165, 1.54) is 25.5 Å². The minimum absolute atomic E-state index is 0.0463. The molecule has 2 aromatic rings. The lowest BCUT2D eigenvalue weighted by Gasteiger charge is -2.28. The molecule has 0 amide bonds. The fourth-order valence-electron chi connectivity index (χ4n) is 4.19. The molecule has 0 aliphatic heterocycles. The maximum absolute atomic E-state index is 12.5. The zero-order valence-electron chi connectivity index (χ0n) is 19.3. The van der Waals surface area contributed by atoms with Crippen molar-refractivity contribution in [3.63, 3.8) is 0 Å². The van der Waals surface area contributed by atoms with Gasteiger partial charge in [0, 0.05) is 7.11 Å². The first-order valence-corrected chi connectivity index (χ1v) is 11.9. The van der Waals surface area contributed by atoms with Gasteiger partial charge < -0.3 is 24.1 Å². The summed E-state index contributed by atoms with van der Waals surface area (Å²) >= 11 is 0. The Kier molecular flexibility index (Phi) is 8.24. The summed E-state index contributed by atoms with van der Waals surface area (Å²) < 4.78 is 22.0. The zero-order valence-corrected chi connectivity index (χ0v) is 19.3. The molecule has 1 N–H and O–H groups in total. The van der Waals surface area contributed by atoms with E-state index in [2.05, 4.69) is 24.3 Å². The molecule has 33 heavy (non-hydrogen) atoms. The van der Waals surface area contributed by atoms with E-state index in [0.29, 0.717) is 17.2 Å². The molecule has 0 spiro atoms. The second-order valence-electron chi connectivity index (χ2n) is 9.15. The number of esters is 1. The van der Waals surface area contributed by atoms with Crippen molar-refractivity contribution >= 4 is 5.97 Å². The molecule has 2 aliphatic rings. The monoisotopic (exact) mass is 454 g/mol. The molecule has 0 aromatic heterocycles. The van der Waals surface area contributed by atoms with Gasteiger partial charge in [0.05, 0.1) is 18.8 Å². The van der Waals surface area contributed by atoms with Gasteiger partial charge in [0.15, 0.2) is 0 Å². The fraction of sp³-hybridized carbons (Fsp3) is 0.519. The highest BCUT2D eigenvalue weighted by atomic mass is 16.5. The van der Waals surface area contributed by atoms with Crippen molar-refractivity contribution in [3.8, 4) is 11.5 Å². The normalized spacial score (nSPS) is 21.3. The smallest absolute Gasteiger partial charge is 0.338 e. The first-order valence-electron chi connectivity index (χ1n) is 11.9. The Hall–Kier alpha value is -2.57. The van der Waals surface area contributed by atoms with Gasteiger partial charge in [0.2, 0.25) is 0 Å². The summed E-state index contributed by atoms with van der Waals surface area (Å²) in [4.78, 5) is 12.5. The van der Waals surface area contributed by atoms with E-state index in [0.717, 1.165) is 44.0 Å². The average molecular weight is 455 g/mol. The largest absolute Gasteiger partial charge is 0.493 e. The van der Waals surface area contributed by atoms with Gasteiger partial charge in [0.25, 0.3) is 0 Å². The van der Waals surface area contributed by atoms with Crippen molar-refractivity contribution in [2.45, 2.75) is 56.7 Å². The van der Waals surface area contributed by atoms with Crippen molar-refractivity contribution < 1.29 is 28.8 Å². The number of aliphatic hydroxyl groups excluding tert-OH is 1. The number of methoxy groups -OCH3 is 1. The van der Waals surface area contributed by atoms with Crippen molar-refractivity contribution in [1.82, 2.24) is 0 Å². The quantitative estimate of drug-likeness (QED) is 0.494. The SMILES string of the molecule is COCC(O)COc1ccc(C(=O)OC2CCC(c3ccc(OCC4CC4)cc3)CC2)cc1. The maximum atomic E-state index is 12.5. The van der Waals surface area contributed by atoms with Crippen LogP contribution in [0.5, 0.6) is 11.5 Å². The summed E-state index contributed by atoms with van der Waals surface area (Å²) in [6, 6.07) is 15.3. The molecule has 1 atom stereocenters. The highest BCUT2D eigenvalue weighted by Gasteiger charge is 2.26. The Morgan fingerprint density at radius 3 is 2.15 bits per heavy atom. The third kappa shape index (κ3) is 7.21. The number of carbonyl (C=O) groups is 1. The van der Waals surface area contributed by atoms with Gasteiger partial charge in [-0.3, -0.25) is 0 Å². The molecule has 1 unspecified atom stereocenters. The summed E-state index contributed by atoms with van der Waals surface area (Å²) in [5, 5.41) is 9.65. The Morgan fingerprint density at radius 2 is 1.52 bits per heavy atom. The highest BCUT2D eigenvalue weighted by molar-refractivity contribution is 5.89. The molecule has 0 bridgehead atoms. The number of hydrogen-bond acceptors (Lipinski definition) is 6. The molecule has 0 radical (unpaired) electrons. The predicted octanol–water partition coefficient (Wildman–Crippen LogP) is 4.74. The topological polar surface area (TPSA) is 74.2 Å². The van der Waals surface area contributed by atoms with Crippen molar-refractivity contribution in [3.05, 3.63) is 59.7 Å². The van der Waals surface area contributed by atoms with E-state index < -0.39 is 6.10 Å². The minimum atomic E-state index is -0.687. The lowest BCUT2D eigenvalue weighted by Crippen LogP contribution is -2.24. The number of carbonyl (C=O) groups excluding carboxylic acids is 1. The van der Waals surface area contributed by atoms with Crippen LogP contribution in [0.2, 0.25) is 0 Å². The van der Waals surface area contributed by atoms with Gasteiger partial charge in [-0.15, -0.1) is 0 Å². The van der Waals surface area contributed by atoms with Crippen LogP contribution in [0.3, 0.4) is 0 Å². The van der Waals surface area contributed by atoms with Crippen LogP contribution in [0.1, 0.15) is 60.4 Å². The molecule has 2 fully saturated rings. The maximum Gasteiger partial charge on any atom is 0.338 e. The van der Waals surface area contributed by atoms with E-state index in [-0.39, 0.29) is 25.3 Å². The van der Waals surface area contributed by atoms with E-state index in [9.17, 15) is 9.90 Å². The van der Waals surface area contributed by atoms with Gasteiger partial charge in [0.1, 0.15) is 30.3 Å². The molecule has 2 aliphatic carbocycles. The summed E-state index contributed by atoms with van der Waals surface area (Å²) in [5.74, 6) is 2.50. The molecule has 0 heterocycles. The fourth-order valence-corrected chi connectivity index (χ4v) is 4.19. The van der Waals surface area contributed by atoms with Crippen LogP contribution < -0.4 is 9.47 Å². The van der Waals surface area contributed by atoms with E-state index in [1.54, 1.807) is 24.3 Å². The van der Waals surface area contributed by atoms with Crippen molar-refractivity contribution in [2.75, 3.05) is 26.9 Å². The van der Waals surface area contributed by atoms with Crippen LogP contribution in [0.25, 0.3) is 0 Å². The first kappa shape index (κ1) is 23.6. The first-order chi connectivity index (χ1) is 16.1. The van der Waals surface area contributed by atoms with Crippen LogP contribution >= 0.6 is 0 Å². The van der Waals surface area contributed by atoms with E-state index in [1.807, 2.05) is 0 Å².